The number of amides is 1. The van der Waals surface area contributed by atoms with Gasteiger partial charge in [-0.25, -0.2) is 4.98 Å². The largest absolute Gasteiger partial charge is 0.354 e. The number of aromatic nitrogens is 4. The van der Waals surface area contributed by atoms with Crippen molar-refractivity contribution in [1.82, 2.24) is 25.5 Å². The van der Waals surface area contributed by atoms with Crippen LogP contribution in [-0.4, -0.2) is 40.3 Å². The highest BCUT2D eigenvalue weighted by Gasteiger charge is 2.12. The van der Waals surface area contributed by atoms with Gasteiger partial charge in [-0.2, -0.15) is 5.10 Å². The molecule has 1 amide bonds. The van der Waals surface area contributed by atoms with Crippen molar-refractivity contribution >= 4 is 17.4 Å². The normalized spacial score (nSPS) is 8.29. The van der Waals surface area contributed by atoms with Crippen LogP contribution in [-0.2, 0) is 0 Å². The molecule has 2 heterocycles. The van der Waals surface area contributed by atoms with E-state index < -0.39 is 0 Å². The summed E-state index contributed by atoms with van der Waals surface area (Å²) in [4.78, 5) is 19.4. The molecule has 0 spiro atoms. The SMILES string of the molecule is C/C=C\C.C=CCC.CC.CF.CNC(=O)c1[nH]ncc1Nc1cnccn1. The maximum atomic E-state index is 11.4. The van der Waals surface area contributed by atoms with Crippen LogP contribution < -0.4 is 10.6 Å². The van der Waals surface area contributed by atoms with Crippen LogP contribution >= 0.6 is 0 Å². The maximum absolute atomic E-state index is 11.4. The average molecular weight is 395 g/mol. The second-order valence-electron chi connectivity index (χ2n) is 4.32. The topological polar surface area (TPSA) is 95.6 Å². The average Bonchev–Trinajstić information content (AvgIpc) is 3.25. The molecule has 0 saturated heterocycles. The highest BCUT2D eigenvalue weighted by Crippen LogP contribution is 2.15. The molecule has 0 radical (unpaired) electrons. The van der Waals surface area contributed by atoms with Crippen LogP contribution in [0.3, 0.4) is 0 Å². The molecule has 0 aliphatic rings. The molecule has 7 nitrogen and oxygen atoms in total. The van der Waals surface area contributed by atoms with Crippen LogP contribution in [0.15, 0.2) is 49.6 Å². The summed E-state index contributed by atoms with van der Waals surface area (Å²) in [7, 11) is 2.05. The van der Waals surface area contributed by atoms with Gasteiger partial charge in [-0.05, 0) is 20.3 Å². The summed E-state index contributed by atoms with van der Waals surface area (Å²) >= 11 is 0. The molecule has 0 bridgehead atoms. The van der Waals surface area contributed by atoms with Crippen molar-refractivity contribution in [1.29, 1.82) is 0 Å². The number of hydrogen-bond acceptors (Lipinski definition) is 5. The highest BCUT2D eigenvalue weighted by molar-refractivity contribution is 5.97. The van der Waals surface area contributed by atoms with Gasteiger partial charge in [-0.3, -0.25) is 19.3 Å². The van der Waals surface area contributed by atoms with E-state index in [4.69, 9.17) is 0 Å². The number of alkyl halides is 1. The molecule has 3 N–H and O–H groups in total. The van der Waals surface area contributed by atoms with Gasteiger partial charge in [0.1, 0.15) is 11.5 Å². The van der Waals surface area contributed by atoms with Gasteiger partial charge in [0.05, 0.1) is 25.3 Å². The third kappa shape index (κ3) is 15.2. The predicted molar refractivity (Wildman–Crippen MR) is 117 cm³/mol. The third-order valence-electron chi connectivity index (χ3n) is 2.54. The number of allylic oxidation sites excluding steroid dienone is 3. The molecule has 0 aliphatic carbocycles. The van der Waals surface area contributed by atoms with Gasteiger partial charge < -0.3 is 10.6 Å². The number of carbonyl (C=O) groups is 1. The molecule has 158 valence electrons. The minimum absolute atomic E-state index is 0.246. The summed E-state index contributed by atoms with van der Waals surface area (Å²) in [5.41, 5.74) is 0.910. The van der Waals surface area contributed by atoms with Gasteiger partial charge in [0.2, 0.25) is 0 Å². The Morgan fingerprint density at radius 2 is 1.79 bits per heavy atom. The summed E-state index contributed by atoms with van der Waals surface area (Å²) in [6.45, 7) is 13.5. The van der Waals surface area contributed by atoms with E-state index in [9.17, 15) is 9.18 Å². The summed E-state index contributed by atoms with van der Waals surface area (Å²) in [5, 5.41) is 11.8. The smallest absolute Gasteiger partial charge is 0.271 e. The van der Waals surface area contributed by atoms with Gasteiger partial charge in [0.15, 0.2) is 0 Å². The van der Waals surface area contributed by atoms with Crippen LogP contribution in [0.4, 0.5) is 15.9 Å². The van der Waals surface area contributed by atoms with Crippen LogP contribution in [0.5, 0.6) is 0 Å². The van der Waals surface area contributed by atoms with Gasteiger partial charge in [-0.1, -0.05) is 39.0 Å². The standard InChI is InChI=1S/C9H10N6O.2C4H8.C2H6.CH3F/c1-10-9(16)8-6(4-13-15-8)14-7-5-11-2-3-12-7;2*1-3-4-2;2*1-2/h2-5H,1H3,(H,10,16)(H,12,14)(H,13,15);3-4H,1-2H3;3H,1,4H2,2H3;1-2H3;1H3/b;4-3-;;;. The summed E-state index contributed by atoms with van der Waals surface area (Å²) in [6.07, 6.45) is 13.2. The molecule has 8 heteroatoms. The predicted octanol–water partition coefficient (Wildman–Crippen LogP) is 5.08. The van der Waals surface area contributed by atoms with Crippen LogP contribution in [0.25, 0.3) is 0 Å². The fourth-order valence-electron chi connectivity index (χ4n) is 1.18. The molecule has 0 unspecified atom stereocenters. The molecule has 0 aromatic carbocycles. The van der Waals surface area contributed by atoms with Crippen molar-refractivity contribution in [3.63, 3.8) is 0 Å². The minimum Gasteiger partial charge on any atom is -0.354 e. The quantitative estimate of drug-likeness (QED) is 0.629. The summed E-state index contributed by atoms with van der Waals surface area (Å²) in [6, 6.07) is 0. The van der Waals surface area contributed by atoms with Crippen molar-refractivity contribution < 1.29 is 9.18 Å². The fourth-order valence-corrected chi connectivity index (χ4v) is 1.18. The van der Waals surface area contributed by atoms with E-state index in [-0.39, 0.29) is 5.91 Å². The van der Waals surface area contributed by atoms with Gasteiger partial charge in [0, 0.05) is 19.4 Å². The lowest BCUT2D eigenvalue weighted by atomic mass is 10.3. The fraction of sp³-hybridized carbons (Fsp3) is 0.400. The molecule has 2 rings (SSSR count). The number of rotatable bonds is 4. The van der Waals surface area contributed by atoms with E-state index in [0.717, 1.165) is 6.42 Å². The number of nitrogens with one attached hydrogen (secondary N) is 3. The summed E-state index contributed by atoms with van der Waals surface area (Å²) < 4.78 is 9.50. The Labute approximate surface area is 168 Å². The first kappa shape index (κ1) is 29.7. The van der Waals surface area contributed by atoms with Crippen molar-refractivity contribution in [2.24, 2.45) is 0 Å². The lowest BCUT2D eigenvalue weighted by Gasteiger charge is -2.03. The first-order chi connectivity index (χ1) is 13.6. The Balaban J connectivity index is -0.000000436. The van der Waals surface area contributed by atoms with Gasteiger partial charge >= 0.3 is 0 Å². The number of hydrogen-bond donors (Lipinski definition) is 3. The maximum Gasteiger partial charge on any atom is 0.271 e. The Morgan fingerprint density at radius 1 is 1.21 bits per heavy atom. The Bertz CT molecular complexity index is 610. The molecule has 28 heavy (non-hydrogen) atoms. The van der Waals surface area contributed by atoms with Gasteiger partial charge in [0.25, 0.3) is 5.91 Å². The lowest BCUT2D eigenvalue weighted by molar-refractivity contribution is 0.0959. The van der Waals surface area contributed by atoms with Crippen molar-refractivity contribution in [2.75, 3.05) is 19.5 Å². The third-order valence-corrected chi connectivity index (χ3v) is 2.54. The zero-order valence-electron chi connectivity index (χ0n) is 18.1. The molecule has 0 atom stereocenters. The molecular formula is C20H35FN6O. The molecule has 0 saturated carbocycles. The minimum atomic E-state index is -0.246. The molecule has 0 aliphatic heterocycles. The Kier molecular flexibility index (Phi) is 25.4. The van der Waals surface area contributed by atoms with E-state index in [1.54, 1.807) is 25.6 Å². The second kappa shape index (κ2) is 24.0. The first-order valence-corrected chi connectivity index (χ1v) is 8.98. The lowest BCUT2D eigenvalue weighted by Crippen LogP contribution is -2.19. The molecule has 2 aromatic rings. The van der Waals surface area contributed by atoms with E-state index in [1.807, 2.05) is 45.9 Å². The number of aromatic amines is 1. The first-order valence-electron chi connectivity index (χ1n) is 8.98. The van der Waals surface area contributed by atoms with E-state index in [1.165, 1.54) is 6.20 Å². The van der Waals surface area contributed by atoms with E-state index in [0.29, 0.717) is 24.4 Å². The Morgan fingerprint density at radius 3 is 2.18 bits per heavy atom. The molecular weight excluding hydrogens is 359 g/mol. The Hall–Kier alpha value is -3.03. The van der Waals surface area contributed by atoms with Crippen LogP contribution in [0.2, 0.25) is 0 Å². The van der Waals surface area contributed by atoms with E-state index in [2.05, 4.69) is 44.3 Å². The second-order valence-corrected chi connectivity index (χ2v) is 4.32. The van der Waals surface area contributed by atoms with Gasteiger partial charge in [-0.15, -0.1) is 6.58 Å². The number of carbonyl (C=O) groups excluding carboxylic acids is 1. The monoisotopic (exact) mass is 394 g/mol. The molecule has 2 aromatic heterocycles. The van der Waals surface area contributed by atoms with Crippen LogP contribution in [0, 0.1) is 0 Å². The zero-order chi connectivity index (χ0) is 22.2. The number of anilines is 2. The highest BCUT2D eigenvalue weighted by atomic mass is 19.1. The van der Waals surface area contributed by atoms with Crippen LogP contribution in [0.1, 0.15) is 51.5 Å². The summed E-state index contributed by atoms with van der Waals surface area (Å²) in [5.74, 6) is 0.304. The number of halogens is 1. The number of H-pyrrole nitrogens is 1. The number of nitrogens with zero attached hydrogens (tertiary/aromatic N) is 3. The zero-order valence-corrected chi connectivity index (χ0v) is 18.1. The van der Waals surface area contributed by atoms with Crippen molar-refractivity contribution in [2.45, 2.75) is 41.0 Å². The van der Waals surface area contributed by atoms with Crippen molar-refractivity contribution in [3.8, 4) is 0 Å². The molecule has 0 fully saturated rings. The van der Waals surface area contributed by atoms with Crippen molar-refractivity contribution in [3.05, 3.63) is 55.3 Å². The van der Waals surface area contributed by atoms with E-state index >= 15 is 0 Å².